The number of pyridine rings is 2. The highest BCUT2D eigenvalue weighted by atomic mass is 16.2. The third kappa shape index (κ3) is 8.29. The summed E-state index contributed by atoms with van der Waals surface area (Å²) in [5.74, 6) is 1.17. The second-order valence-corrected chi connectivity index (χ2v) is 8.85. The Hall–Kier alpha value is -2.76. The van der Waals surface area contributed by atoms with E-state index >= 15 is 0 Å². The molecule has 2 rings (SSSR count). The molecule has 0 aliphatic rings. The van der Waals surface area contributed by atoms with Gasteiger partial charge in [0.2, 0.25) is 11.8 Å². The fourth-order valence-electron chi connectivity index (χ4n) is 1.69. The highest BCUT2D eigenvalue weighted by Gasteiger charge is 2.22. The molecule has 2 heterocycles. The first kappa shape index (κ1) is 23.3. The molecule has 0 aliphatic heterocycles. The van der Waals surface area contributed by atoms with Crippen molar-refractivity contribution in [3.8, 4) is 0 Å². The monoisotopic (exact) mass is 384 g/mol. The highest BCUT2D eigenvalue weighted by molar-refractivity contribution is 5.94. The molecule has 0 unspecified atom stereocenters. The molecule has 6 heteroatoms. The number of aromatic nitrogens is 2. The topological polar surface area (TPSA) is 84.0 Å². The summed E-state index contributed by atoms with van der Waals surface area (Å²) in [4.78, 5) is 31.3. The van der Waals surface area contributed by atoms with E-state index in [4.69, 9.17) is 0 Å². The molecule has 0 fully saturated rings. The zero-order chi connectivity index (χ0) is 21.5. The Kier molecular flexibility index (Phi) is 7.85. The Bertz CT molecular complexity index is 714. The minimum atomic E-state index is -0.382. The summed E-state index contributed by atoms with van der Waals surface area (Å²) in [5.41, 5.74) is 1.40. The number of amides is 2. The van der Waals surface area contributed by atoms with Crippen molar-refractivity contribution in [2.24, 2.45) is 10.8 Å². The molecule has 152 valence electrons. The van der Waals surface area contributed by atoms with E-state index in [0.717, 1.165) is 11.1 Å². The first-order chi connectivity index (χ1) is 12.8. The van der Waals surface area contributed by atoms with Crippen LogP contribution in [-0.4, -0.2) is 21.8 Å². The smallest absolute Gasteiger partial charge is 0.230 e. The van der Waals surface area contributed by atoms with Gasteiger partial charge in [0.15, 0.2) is 0 Å². The minimum Gasteiger partial charge on any atom is -0.310 e. The van der Waals surface area contributed by atoms with Gasteiger partial charge in [-0.2, -0.15) is 0 Å². The number of carbonyl (C=O) groups excluding carboxylic acids is 2. The summed E-state index contributed by atoms with van der Waals surface area (Å²) in [5, 5.41) is 5.52. The SMILES string of the molecule is Cc1ccc(NC(=O)C(C)(C)C)nc1.Cc1ccc(NC(=O)C(C)(C)C)nc1. The maximum Gasteiger partial charge on any atom is 0.230 e. The number of aryl methyl sites for hydroxylation is 2. The predicted octanol–water partition coefficient (Wildman–Crippen LogP) is 4.75. The zero-order valence-electron chi connectivity index (χ0n) is 18.2. The van der Waals surface area contributed by atoms with Gasteiger partial charge in [0.1, 0.15) is 11.6 Å². The van der Waals surface area contributed by atoms with Gasteiger partial charge in [0.05, 0.1) is 0 Å². The molecule has 2 N–H and O–H groups in total. The van der Waals surface area contributed by atoms with Crippen LogP contribution in [-0.2, 0) is 9.59 Å². The molecule has 28 heavy (non-hydrogen) atoms. The van der Waals surface area contributed by atoms with E-state index in [9.17, 15) is 9.59 Å². The number of nitrogens with zero attached hydrogens (tertiary/aromatic N) is 2. The third-order valence-corrected chi connectivity index (χ3v) is 3.67. The van der Waals surface area contributed by atoms with E-state index in [1.807, 2.05) is 67.5 Å². The minimum absolute atomic E-state index is 0.0196. The van der Waals surface area contributed by atoms with E-state index in [-0.39, 0.29) is 22.6 Å². The normalized spacial score (nSPS) is 11.1. The highest BCUT2D eigenvalue weighted by Crippen LogP contribution is 2.17. The Balaban J connectivity index is 0.000000280. The maximum absolute atomic E-state index is 11.6. The van der Waals surface area contributed by atoms with Crippen LogP contribution in [0.15, 0.2) is 36.7 Å². The van der Waals surface area contributed by atoms with Gasteiger partial charge in [-0.25, -0.2) is 9.97 Å². The average molecular weight is 385 g/mol. The summed E-state index contributed by atoms with van der Waals surface area (Å²) in [6.07, 6.45) is 3.47. The van der Waals surface area contributed by atoms with Crippen molar-refractivity contribution in [2.45, 2.75) is 55.4 Å². The second kappa shape index (κ2) is 9.44. The average Bonchev–Trinajstić information content (AvgIpc) is 2.58. The van der Waals surface area contributed by atoms with Crippen molar-refractivity contribution in [3.05, 3.63) is 47.8 Å². The quantitative estimate of drug-likeness (QED) is 0.782. The molecule has 0 atom stereocenters. The van der Waals surface area contributed by atoms with Crippen molar-refractivity contribution >= 4 is 23.5 Å². The number of carbonyl (C=O) groups is 2. The summed E-state index contributed by atoms with van der Waals surface area (Å²) in [6, 6.07) is 7.45. The molecular weight excluding hydrogens is 352 g/mol. The Morgan fingerprint density at radius 1 is 0.679 bits per heavy atom. The van der Waals surface area contributed by atoms with E-state index in [2.05, 4.69) is 20.6 Å². The summed E-state index contributed by atoms with van der Waals surface area (Å²) in [7, 11) is 0. The van der Waals surface area contributed by atoms with Crippen molar-refractivity contribution in [1.82, 2.24) is 9.97 Å². The second-order valence-electron chi connectivity index (χ2n) is 8.85. The van der Waals surface area contributed by atoms with Crippen molar-refractivity contribution in [3.63, 3.8) is 0 Å². The van der Waals surface area contributed by atoms with Gasteiger partial charge in [0, 0.05) is 23.2 Å². The fraction of sp³-hybridized carbons (Fsp3) is 0.455. The van der Waals surface area contributed by atoms with Gasteiger partial charge in [-0.15, -0.1) is 0 Å². The number of hydrogen-bond donors (Lipinski definition) is 2. The number of rotatable bonds is 2. The zero-order valence-corrected chi connectivity index (χ0v) is 18.2. The van der Waals surface area contributed by atoms with Crippen LogP contribution in [0.4, 0.5) is 11.6 Å². The van der Waals surface area contributed by atoms with E-state index < -0.39 is 0 Å². The predicted molar refractivity (Wildman–Crippen MR) is 114 cm³/mol. The van der Waals surface area contributed by atoms with Crippen molar-refractivity contribution in [1.29, 1.82) is 0 Å². The Labute approximate surface area is 168 Å². The van der Waals surface area contributed by atoms with Gasteiger partial charge in [0.25, 0.3) is 0 Å². The molecule has 0 aliphatic carbocycles. The van der Waals surface area contributed by atoms with Crippen LogP contribution in [0.25, 0.3) is 0 Å². The Morgan fingerprint density at radius 2 is 1.00 bits per heavy atom. The molecule has 0 bridgehead atoms. The molecule has 2 aromatic heterocycles. The molecule has 0 spiro atoms. The van der Waals surface area contributed by atoms with Crippen LogP contribution >= 0.6 is 0 Å². The lowest BCUT2D eigenvalue weighted by Gasteiger charge is -2.16. The molecule has 0 aromatic carbocycles. The maximum atomic E-state index is 11.6. The van der Waals surface area contributed by atoms with E-state index in [0.29, 0.717) is 11.6 Å². The van der Waals surface area contributed by atoms with Crippen LogP contribution in [0.1, 0.15) is 52.7 Å². The van der Waals surface area contributed by atoms with Gasteiger partial charge in [-0.1, -0.05) is 53.7 Å². The fourth-order valence-corrected chi connectivity index (χ4v) is 1.69. The van der Waals surface area contributed by atoms with Crippen LogP contribution in [0.3, 0.4) is 0 Å². The first-order valence-corrected chi connectivity index (χ1v) is 9.27. The van der Waals surface area contributed by atoms with Crippen LogP contribution < -0.4 is 10.6 Å². The lowest BCUT2D eigenvalue weighted by molar-refractivity contribution is -0.123. The number of anilines is 2. The van der Waals surface area contributed by atoms with Gasteiger partial charge >= 0.3 is 0 Å². The molecule has 6 nitrogen and oxygen atoms in total. The van der Waals surface area contributed by atoms with Crippen LogP contribution in [0, 0.1) is 24.7 Å². The largest absolute Gasteiger partial charge is 0.310 e. The lowest BCUT2D eigenvalue weighted by Crippen LogP contribution is -2.27. The van der Waals surface area contributed by atoms with E-state index in [1.165, 1.54) is 0 Å². The van der Waals surface area contributed by atoms with E-state index in [1.54, 1.807) is 24.5 Å². The van der Waals surface area contributed by atoms with Gasteiger partial charge < -0.3 is 10.6 Å². The lowest BCUT2D eigenvalue weighted by atomic mass is 9.96. The number of hydrogen-bond acceptors (Lipinski definition) is 4. The molecule has 0 radical (unpaired) electrons. The third-order valence-electron chi connectivity index (χ3n) is 3.67. The molecule has 0 saturated carbocycles. The van der Waals surface area contributed by atoms with Crippen molar-refractivity contribution < 1.29 is 9.59 Å². The molecule has 2 aromatic rings. The summed E-state index contributed by atoms with van der Waals surface area (Å²) < 4.78 is 0. The summed E-state index contributed by atoms with van der Waals surface area (Å²) >= 11 is 0. The molecule has 2 amide bonds. The van der Waals surface area contributed by atoms with Crippen LogP contribution in [0.2, 0.25) is 0 Å². The first-order valence-electron chi connectivity index (χ1n) is 9.27. The standard InChI is InChI=1S/2C11H16N2O/c2*1-8-5-6-9(12-7-8)13-10(14)11(2,3)4/h2*5-7H,1-4H3,(H,12,13,14). The van der Waals surface area contributed by atoms with Gasteiger partial charge in [-0.3, -0.25) is 9.59 Å². The van der Waals surface area contributed by atoms with Crippen LogP contribution in [0.5, 0.6) is 0 Å². The number of nitrogens with one attached hydrogen (secondary N) is 2. The molecular formula is C22H32N4O2. The Morgan fingerprint density at radius 3 is 1.21 bits per heavy atom. The summed E-state index contributed by atoms with van der Waals surface area (Å²) in [6.45, 7) is 15.2. The van der Waals surface area contributed by atoms with Gasteiger partial charge in [-0.05, 0) is 37.1 Å². The van der Waals surface area contributed by atoms with Crippen molar-refractivity contribution in [2.75, 3.05) is 10.6 Å². The molecule has 0 saturated heterocycles.